The summed E-state index contributed by atoms with van der Waals surface area (Å²) in [6, 6.07) is 24.0. The van der Waals surface area contributed by atoms with Crippen molar-refractivity contribution < 1.29 is 28.4 Å². The second kappa shape index (κ2) is 13.3. The summed E-state index contributed by atoms with van der Waals surface area (Å²) in [5.74, 6) is -0.776. The van der Waals surface area contributed by atoms with Gasteiger partial charge in [0.15, 0.2) is 0 Å². The summed E-state index contributed by atoms with van der Waals surface area (Å²) in [7, 11) is -0.459. The maximum Gasteiger partial charge on any atom is 0.494 e. The molecule has 7 nitrogen and oxygen atoms in total. The van der Waals surface area contributed by atoms with E-state index < -0.39 is 29.5 Å². The Morgan fingerprint density at radius 2 is 0.935 bits per heavy atom. The molecule has 46 heavy (non-hydrogen) atoms. The minimum atomic E-state index is -0.551. The van der Waals surface area contributed by atoms with Crippen LogP contribution >= 0.6 is 0 Å². The van der Waals surface area contributed by atoms with Gasteiger partial charge in [-0.2, -0.15) is 0 Å². The van der Waals surface area contributed by atoms with Gasteiger partial charge in [0.05, 0.1) is 11.2 Å². The van der Waals surface area contributed by atoms with Crippen molar-refractivity contribution in [3.05, 3.63) is 96.1 Å². The van der Waals surface area contributed by atoms with E-state index in [0.29, 0.717) is 0 Å². The van der Waals surface area contributed by atoms with Gasteiger partial charge in [0.1, 0.15) is 11.2 Å². The zero-order chi connectivity index (χ0) is 33.9. The zero-order valence-electron chi connectivity index (χ0n) is 28.7. The van der Waals surface area contributed by atoms with Crippen LogP contribution < -0.4 is 10.4 Å². The van der Waals surface area contributed by atoms with Gasteiger partial charge in [-0.15, -0.1) is 0 Å². The van der Waals surface area contributed by atoms with Crippen LogP contribution in [-0.4, -0.2) is 41.5 Å². The molecular formula is C38H46BNO6. The molecule has 8 heteroatoms. The fraction of sp³-hybridized carbons (Fsp3) is 0.368. The average molecular weight is 624 g/mol. The normalized spacial score (nSPS) is 16.2. The predicted octanol–water partition coefficient (Wildman–Crippen LogP) is 8.17. The van der Waals surface area contributed by atoms with Crippen molar-refractivity contribution in [2.75, 3.05) is 4.90 Å². The van der Waals surface area contributed by atoms with E-state index in [-0.39, 0.29) is 11.9 Å². The molecule has 0 amide bonds. The monoisotopic (exact) mass is 623 g/mol. The van der Waals surface area contributed by atoms with Gasteiger partial charge in [0, 0.05) is 29.2 Å². The van der Waals surface area contributed by atoms with Crippen LogP contribution in [0.15, 0.2) is 84.9 Å². The molecule has 1 heterocycles. The van der Waals surface area contributed by atoms with E-state index in [1.54, 1.807) is 12.2 Å². The van der Waals surface area contributed by atoms with Crippen LogP contribution in [0.5, 0.6) is 0 Å². The fourth-order valence-electron chi connectivity index (χ4n) is 4.68. The number of benzene rings is 3. The molecule has 3 aromatic carbocycles. The zero-order valence-corrected chi connectivity index (χ0v) is 28.7. The Morgan fingerprint density at radius 1 is 0.609 bits per heavy atom. The highest BCUT2D eigenvalue weighted by atomic mass is 16.7. The molecule has 3 aromatic rings. The highest BCUT2D eigenvalue weighted by molar-refractivity contribution is 6.62. The van der Waals surface area contributed by atoms with Crippen LogP contribution in [0.25, 0.3) is 12.2 Å². The minimum absolute atomic E-state index is 0.388. The Kier molecular flexibility index (Phi) is 10.0. The van der Waals surface area contributed by atoms with Crippen LogP contribution in [0, 0.1) is 0 Å². The number of hydrogen-bond donors (Lipinski definition) is 0. The first-order chi connectivity index (χ1) is 21.3. The molecule has 0 saturated carbocycles. The second-order valence-electron chi connectivity index (χ2n) is 14.4. The Balaban J connectivity index is 1.62. The summed E-state index contributed by atoms with van der Waals surface area (Å²) in [6.45, 7) is 19.2. The van der Waals surface area contributed by atoms with E-state index >= 15 is 0 Å². The highest BCUT2D eigenvalue weighted by Crippen LogP contribution is 2.38. The number of rotatable bonds is 8. The average Bonchev–Trinajstić information content (AvgIpc) is 3.17. The molecule has 0 N–H and O–H groups in total. The number of nitrogens with zero attached hydrogens (tertiary/aromatic N) is 1. The molecule has 0 bridgehead atoms. The molecule has 1 aliphatic heterocycles. The minimum Gasteiger partial charge on any atom is -0.457 e. The van der Waals surface area contributed by atoms with Gasteiger partial charge >= 0.3 is 19.1 Å². The summed E-state index contributed by atoms with van der Waals surface area (Å²) in [6.07, 6.45) is 6.37. The molecule has 0 spiro atoms. The lowest BCUT2D eigenvalue weighted by molar-refractivity contribution is -0.149. The van der Waals surface area contributed by atoms with Gasteiger partial charge < -0.3 is 23.7 Å². The molecule has 1 saturated heterocycles. The van der Waals surface area contributed by atoms with Crippen LogP contribution in [0.2, 0.25) is 0 Å². The second-order valence-corrected chi connectivity index (χ2v) is 14.4. The van der Waals surface area contributed by atoms with Crippen molar-refractivity contribution in [3.8, 4) is 0 Å². The number of carbonyl (C=O) groups excluding carboxylic acids is 2. The van der Waals surface area contributed by atoms with Crippen molar-refractivity contribution in [1.82, 2.24) is 0 Å². The van der Waals surface area contributed by atoms with Gasteiger partial charge in [0.2, 0.25) is 0 Å². The van der Waals surface area contributed by atoms with Crippen molar-refractivity contribution >= 4 is 53.7 Å². The SMILES string of the molecule is CC(C)(C)OC(=O)/C=C/c1ccc(N(c2ccc(/C=C/C(=O)OC(C)(C)C)cc2)c2ccc(B3OC(C)(C)C(C)(C)O3)cc2)cc1. The summed E-state index contributed by atoms with van der Waals surface area (Å²) < 4.78 is 23.3. The molecule has 0 unspecified atom stereocenters. The standard InChI is InChI=1S/C38H46BNO6/c1-35(2,3)43-33(41)25-15-27-11-19-30(20-12-27)40(31-21-13-28(14-22-31)16-26-34(42)44-36(4,5)6)32-23-17-29(18-24-32)39-45-37(7,8)38(9,10)46-39/h11-26H,1-10H3/b25-15+,26-16+. The maximum absolute atomic E-state index is 12.2. The molecule has 242 valence electrons. The van der Waals surface area contributed by atoms with Crippen LogP contribution in [0.4, 0.5) is 17.1 Å². The third-order valence-corrected chi connectivity index (χ3v) is 7.62. The third-order valence-electron chi connectivity index (χ3n) is 7.62. The number of carbonyl (C=O) groups is 2. The number of anilines is 3. The molecule has 1 aliphatic rings. The lowest BCUT2D eigenvalue weighted by Crippen LogP contribution is -2.41. The maximum atomic E-state index is 12.2. The van der Waals surface area contributed by atoms with Gasteiger partial charge in [-0.05, 0) is 134 Å². The smallest absolute Gasteiger partial charge is 0.457 e. The first-order valence-corrected chi connectivity index (χ1v) is 15.6. The quantitative estimate of drug-likeness (QED) is 0.142. The number of esters is 2. The Morgan fingerprint density at radius 3 is 1.26 bits per heavy atom. The van der Waals surface area contributed by atoms with E-state index in [9.17, 15) is 9.59 Å². The molecule has 0 aliphatic carbocycles. The van der Waals surface area contributed by atoms with E-state index in [2.05, 4.69) is 4.90 Å². The molecule has 4 rings (SSSR count). The third kappa shape index (κ3) is 9.21. The van der Waals surface area contributed by atoms with Gasteiger partial charge in [0.25, 0.3) is 0 Å². The van der Waals surface area contributed by atoms with Gasteiger partial charge in [-0.25, -0.2) is 9.59 Å². The van der Waals surface area contributed by atoms with Crippen molar-refractivity contribution in [2.24, 2.45) is 0 Å². The Labute approximate surface area is 274 Å². The topological polar surface area (TPSA) is 74.3 Å². The van der Waals surface area contributed by atoms with E-state index in [1.807, 2.05) is 142 Å². The molecule has 0 atom stereocenters. The van der Waals surface area contributed by atoms with Crippen molar-refractivity contribution in [3.63, 3.8) is 0 Å². The van der Waals surface area contributed by atoms with E-state index in [1.165, 1.54) is 12.2 Å². The predicted molar refractivity (Wildman–Crippen MR) is 187 cm³/mol. The lowest BCUT2D eigenvalue weighted by Gasteiger charge is -2.32. The fourth-order valence-corrected chi connectivity index (χ4v) is 4.68. The van der Waals surface area contributed by atoms with Crippen LogP contribution in [0.1, 0.15) is 80.4 Å². The largest absolute Gasteiger partial charge is 0.494 e. The highest BCUT2D eigenvalue weighted by Gasteiger charge is 2.51. The first kappa shape index (κ1) is 34.7. The Bertz CT molecular complexity index is 1480. The molecule has 0 radical (unpaired) electrons. The summed E-state index contributed by atoms with van der Waals surface area (Å²) in [4.78, 5) is 26.5. The van der Waals surface area contributed by atoms with Crippen molar-refractivity contribution in [1.29, 1.82) is 0 Å². The summed E-state index contributed by atoms with van der Waals surface area (Å²) in [5, 5.41) is 0. The number of ether oxygens (including phenoxy) is 2. The molecular weight excluding hydrogens is 577 g/mol. The van der Waals surface area contributed by atoms with Gasteiger partial charge in [-0.3, -0.25) is 0 Å². The first-order valence-electron chi connectivity index (χ1n) is 15.6. The summed E-state index contributed by atoms with van der Waals surface area (Å²) >= 11 is 0. The van der Waals surface area contributed by atoms with Crippen LogP contribution in [0.3, 0.4) is 0 Å². The Hall–Kier alpha value is -4.14. The molecule has 1 fully saturated rings. The van der Waals surface area contributed by atoms with E-state index in [4.69, 9.17) is 18.8 Å². The summed E-state index contributed by atoms with van der Waals surface area (Å²) in [5.41, 5.74) is 3.51. The lowest BCUT2D eigenvalue weighted by atomic mass is 9.79. The van der Waals surface area contributed by atoms with Crippen LogP contribution in [-0.2, 0) is 28.4 Å². The number of hydrogen-bond acceptors (Lipinski definition) is 7. The molecule has 0 aromatic heterocycles. The van der Waals surface area contributed by atoms with Gasteiger partial charge in [-0.1, -0.05) is 36.4 Å². The van der Waals surface area contributed by atoms with Crippen molar-refractivity contribution in [2.45, 2.75) is 91.6 Å². The van der Waals surface area contributed by atoms with E-state index in [0.717, 1.165) is 33.7 Å².